The Balaban J connectivity index is 1.37. The average Bonchev–Trinajstić information content (AvgIpc) is 3.32. The second-order valence-electron chi connectivity index (χ2n) is 6.07. The summed E-state index contributed by atoms with van der Waals surface area (Å²) >= 11 is 0. The summed E-state index contributed by atoms with van der Waals surface area (Å²) in [5.41, 5.74) is -0.463. The molecule has 0 spiro atoms. The van der Waals surface area contributed by atoms with Gasteiger partial charge in [-0.1, -0.05) is 0 Å². The summed E-state index contributed by atoms with van der Waals surface area (Å²) in [6, 6.07) is 4.46. The van der Waals surface area contributed by atoms with Gasteiger partial charge >= 0.3 is 18.0 Å². The van der Waals surface area contributed by atoms with Crippen molar-refractivity contribution in [1.82, 2.24) is 29.8 Å². The van der Waals surface area contributed by atoms with Crippen LogP contribution in [0, 0.1) is 10.1 Å². The van der Waals surface area contributed by atoms with Gasteiger partial charge in [-0.2, -0.15) is 13.2 Å². The topological polar surface area (TPSA) is 123 Å². The Kier molecular flexibility index (Phi) is 4.62. The molecule has 0 amide bonds. The summed E-state index contributed by atoms with van der Waals surface area (Å²) in [7, 11) is 0. The first-order chi connectivity index (χ1) is 13.8. The predicted octanol–water partition coefficient (Wildman–Crippen LogP) is 1.76. The summed E-state index contributed by atoms with van der Waals surface area (Å²) in [6.45, 7) is 0.408. The lowest BCUT2D eigenvalue weighted by Gasteiger charge is -2.21. The van der Waals surface area contributed by atoms with E-state index in [9.17, 15) is 23.3 Å². The number of rotatable bonds is 5. The third kappa shape index (κ3) is 4.01. The van der Waals surface area contributed by atoms with E-state index in [1.165, 1.54) is 22.9 Å². The van der Waals surface area contributed by atoms with Crippen LogP contribution in [-0.2, 0) is 24.1 Å². The molecule has 0 N–H and O–H groups in total. The van der Waals surface area contributed by atoms with Crippen LogP contribution in [0.5, 0.6) is 6.01 Å². The lowest BCUT2D eigenvalue weighted by atomic mass is 10.2. The molecule has 1 aliphatic heterocycles. The molecule has 14 heteroatoms. The van der Waals surface area contributed by atoms with Crippen LogP contribution in [0.1, 0.15) is 11.4 Å². The van der Waals surface area contributed by atoms with Gasteiger partial charge in [0.2, 0.25) is 5.82 Å². The highest BCUT2D eigenvalue weighted by atomic mass is 19.4. The van der Waals surface area contributed by atoms with E-state index in [0.717, 1.165) is 16.9 Å². The predicted molar refractivity (Wildman–Crippen MR) is 87.1 cm³/mol. The van der Waals surface area contributed by atoms with Gasteiger partial charge in [-0.15, -0.1) is 15.0 Å². The minimum absolute atomic E-state index is 0.0270. The Bertz CT molecular complexity index is 1030. The first-order valence-electron chi connectivity index (χ1n) is 8.22. The van der Waals surface area contributed by atoms with E-state index in [1.54, 1.807) is 0 Å². The highest BCUT2D eigenvalue weighted by molar-refractivity contribution is 5.33. The number of nitro groups is 1. The molecule has 152 valence electrons. The van der Waals surface area contributed by atoms with Crippen molar-refractivity contribution in [3.8, 4) is 11.7 Å². The van der Waals surface area contributed by atoms with E-state index < -0.39 is 22.8 Å². The van der Waals surface area contributed by atoms with Crippen LogP contribution in [0.15, 0.2) is 30.5 Å². The number of aromatic nitrogens is 6. The van der Waals surface area contributed by atoms with Gasteiger partial charge < -0.3 is 19.6 Å². The number of halogens is 3. The fourth-order valence-electron chi connectivity index (χ4n) is 2.65. The van der Waals surface area contributed by atoms with Crippen molar-refractivity contribution in [3.05, 3.63) is 52.0 Å². The Hall–Kier alpha value is -3.55. The summed E-state index contributed by atoms with van der Waals surface area (Å²) < 4.78 is 50.3. The highest BCUT2D eigenvalue weighted by Crippen LogP contribution is 2.29. The molecule has 11 nitrogen and oxygen atoms in total. The van der Waals surface area contributed by atoms with Crippen molar-refractivity contribution in [2.75, 3.05) is 6.61 Å². The smallest absolute Gasteiger partial charge is 0.416 e. The molecule has 0 fully saturated rings. The molecule has 4 rings (SSSR count). The number of hydrogen-bond acceptors (Lipinski definition) is 8. The number of nitrogens with zero attached hydrogens (tertiary/aromatic N) is 7. The quantitative estimate of drug-likeness (QED) is 0.460. The van der Waals surface area contributed by atoms with Crippen LogP contribution in [0.2, 0.25) is 0 Å². The molecule has 1 aromatic carbocycles. The lowest BCUT2D eigenvalue weighted by molar-refractivity contribution is -0.389. The fourth-order valence-corrected chi connectivity index (χ4v) is 2.65. The van der Waals surface area contributed by atoms with Gasteiger partial charge in [0, 0.05) is 4.98 Å². The molecular formula is C15H12F3N7O4. The van der Waals surface area contributed by atoms with Gasteiger partial charge in [-0.05, 0) is 34.4 Å². The summed E-state index contributed by atoms with van der Waals surface area (Å²) in [5, 5.41) is 22.4. The van der Waals surface area contributed by atoms with E-state index in [4.69, 9.17) is 9.47 Å². The van der Waals surface area contributed by atoms with Gasteiger partial charge in [0.25, 0.3) is 0 Å². The largest absolute Gasteiger partial charge is 0.443 e. The molecule has 0 saturated carbocycles. The zero-order chi connectivity index (χ0) is 20.6. The van der Waals surface area contributed by atoms with Crippen molar-refractivity contribution in [2.24, 2.45) is 0 Å². The zero-order valence-corrected chi connectivity index (χ0v) is 14.5. The van der Waals surface area contributed by atoms with Crippen molar-refractivity contribution >= 4 is 5.82 Å². The summed E-state index contributed by atoms with van der Waals surface area (Å²) in [5.74, 6) is -0.103. The number of benzene rings is 1. The van der Waals surface area contributed by atoms with Crippen molar-refractivity contribution in [3.63, 3.8) is 0 Å². The monoisotopic (exact) mass is 411 g/mol. The number of ether oxygens (including phenoxy) is 2. The minimum Gasteiger partial charge on any atom is -0.443 e. The van der Waals surface area contributed by atoms with E-state index in [0.29, 0.717) is 12.2 Å². The molecule has 3 aromatic rings. The molecule has 0 unspecified atom stereocenters. The van der Waals surface area contributed by atoms with Crippen LogP contribution in [0.3, 0.4) is 0 Å². The maximum Gasteiger partial charge on any atom is 0.416 e. The van der Waals surface area contributed by atoms with Crippen molar-refractivity contribution < 1.29 is 27.6 Å². The molecule has 29 heavy (non-hydrogen) atoms. The molecule has 1 atom stereocenters. The molecule has 0 saturated heterocycles. The number of imidazole rings is 1. The van der Waals surface area contributed by atoms with Gasteiger partial charge in [-0.3, -0.25) is 4.57 Å². The number of alkyl halides is 3. The number of tetrazole rings is 1. The maximum absolute atomic E-state index is 12.6. The molecular weight excluding hydrogens is 399 g/mol. The lowest BCUT2D eigenvalue weighted by Crippen LogP contribution is -2.32. The van der Waals surface area contributed by atoms with Crippen LogP contribution in [0.4, 0.5) is 19.0 Å². The highest BCUT2D eigenvalue weighted by Gasteiger charge is 2.30. The third-order valence-corrected chi connectivity index (χ3v) is 4.04. The first-order valence-corrected chi connectivity index (χ1v) is 8.22. The molecule has 0 radical (unpaired) electrons. The van der Waals surface area contributed by atoms with Gasteiger partial charge in [0.05, 0.1) is 17.8 Å². The SMILES string of the molecule is O=[N+]([O-])c1cn2c(n1)OC[C@@H](OCc1nnn(-c3ccc(C(F)(F)F)cc3)n1)C2. The summed E-state index contributed by atoms with van der Waals surface area (Å²) in [4.78, 5) is 15.0. The Morgan fingerprint density at radius 3 is 2.76 bits per heavy atom. The van der Waals surface area contributed by atoms with Crippen LogP contribution in [-0.4, -0.2) is 47.4 Å². The van der Waals surface area contributed by atoms with Crippen LogP contribution < -0.4 is 4.74 Å². The summed E-state index contributed by atoms with van der Waals surface area (Å²) in [6.07, 6.45) is -3.59. The molecule has 0 aliphatic carbocycles. The Morgan fingerprint density at radius 2 is 2.07 bits per heavy atom. The second kappa shape index (κ2) is 7.12. The molecule has 1 aliphatic rings. The maximum atomic E-state index is 12.6. The van der Waals surface area contributed by atoms with Gasteiger partial charge in [-0.25, -0.2) is 0 Å². The normalized spacial score (nSPS) is 16.3. The average molecular weight is 411 g/mol. The van der Waals surface area contributed by atoms with Gasteiger partial charge in [0.1, 0.15) is 25.5 Å². The zero-order valence-electron chi connectivity index (χ0n) is 14.5. The standard InChI is InChI=1S/C15H12F3N7O4/c16-15(17,18)9-1-3-10(4-2-9)24-21-12(20-22-24)8-28-11-5-23-6-13(25(26)27)19-14(23)29-7-11/h1-4,6,11H,5,7-8H2/t11-/m0/s1. The molecule has 0 bridgehead atoms. The molecule has 3 heterocycles. The van der Waals surface area contributed by atoms with Crippen LogP contribution in [0.25, 0.3) is 5.69 Å². The number of fused-ring (bicyclic) bond motifs is 1. The van der Waals surface area contributed by atoms with E-state index in [1.807, 2.05) is 0 Å². The number of hydrogen-bond donors (Lipinski definition) is 0. The second-order valence-corrected chi connectivity index (χ2v) is 6.07. The van der Waals surface area contributed by atoms with E-state index in [2.05, 4.69) is 20.4 Å². The Labute approximate surface area is 159 Å². The minimum atomic E-state index is -4.43. The first kappa shape index (κ1) is 18.8. The third-order valence-electron chi connectivity index (χ3n) is 4.04. The van der Waals surface area contributed by atoms with Crippen molar-refractivity contribution in [1.29, 1.82) is 0 Å². The fraction of sp³-hybridized carbons (Fsp3) is 0.333. The van der Waals surface area contributed by atoms with Crippen molar-refractivity contribution in [2.45, 2.75) is 25.4 Å². The van der Waals surface area contributed by atoms with Gasteiger partial charge in [0.15, 0.2) is 0 Å². The van der Waals surface area contributed by atoms with E-state index >= 15 is 0 Å². The molecule has 2 aromatic heterocycles. The van der Waals surface area contributed by atoms with Crippen LogP contribution >= 0.6 is 0 Å². The Morgan fingerprint density at radius 1 is 1.31 bits per heavy atom. The van der Waals surface area contributed by atoms with E-state index in [-0.39, 0.29) is 30.9 Å².